The Hall–Kier alpha value is -3.32. The number of ketones is 1. The highest BCUT2D eigenvalue weighted by atomic mass is 35.5. The highest BCUT2D eigenvalue weighted by Gasteiger charge is 2.13. The largest absolute Gasteiger partial charge is 0.481 e. The summed E-state index contributed by atoms with van der Waals surface area (Å²) < 4.78 is 33.4. The van der Waals surface area contributed by atoms with Gasteiger partial charge in [-0.15, -0.1) is 0 Å². The third kappa shape index (κ3) is 5.36. The normalized spacial score (nSPS) is 10.6. The van der Waals surface area contributed by atoms with Crippen molar-refractivity contribution in [2.75, 3.05) is 0 Å². The number of halogens is 3. The van der Waals surface area contributed by atoms with Crippen molar-refractivity contribution in [3.05, 3.63) is 76.9 Å². The second-order valence-corrected chi connectivity index (χ2v) is 6.61. The fourth-order valence-electron chi connectivity index (χ4n) is 2.66. The second kappa shape index (κ2) is 8.79. The number of carboxylic acid groups (broad SMARTS) is 1. The Morgan fingerprint density at radius 1 is 1.03 bits per heavy atom. The van der Waals surface area contributed by atoms with Gasteiger partial charge in [-0.2, -0.15) is 0 Å². The van der Waals surface area contributed by atoms with Crippen LogP contribution >= 0.6 is 11.6 Å². The molecule has 0 atom stereocenters. The van der Waals surface area contributed by atoms with Crippen LogP contribution in [0.25, 0.3) is 11.1 Å². The quantitative estimate of drug-likeness (QED) is 0.544. The van der Waals surface area contributed by atoms with E-state index < -0.39 is 35.7 Å². The lowest BCUT2D eigenvalue weighted by atomic mass is 10.00. The van der Waals surface area contributed by atoms with Crippen molar-refractivity contribution >= 4 is 23.4 Å². The molecule has 0 fully saturated rings. The van der Waals surface area contributed by atoms with E-state index in [0.29, 0.717) is 16.7 Å². The molecule has 0 radical (unpaired) electrons. The van der Waals surface area contributed by atoms with Crippen molar-refractivity contribution in [1.29, 1.82) is 0 Å². The Kier molecular flexibility index (Phi) is 6.19. The van der Waals surface area contributed by atoms with Crippen molar-refractivity contribution in [2.45, 2.75) is 12.8 Å². The lowest BCUT2D eigenvalue weighted by Gasteiger charge is -2.09. The van der Waals surface area contributed by atoms with Crippen LogP contribution in [0.2, 0.25) is 5.02 Å². The van der Waals surface area contributed by atoms with Gasteiger partial charge in [-0.05, 0) is 34.9 Å². The lowest BCUT2D eigenvalue weighted by molar-refractivity contribution is -0.140. The molecule has 2 aromatic carbocycles. The standard InChI is InChI=1S/C21H14ClF2NO4/c22-15-9-18(24)21(25-11-15)29-19-5-4-14(8-17(19)23)13-3-1-2-12(6-13)7-16(26)10-20(27)28/h1-6,8-9,11H,7,10H2,(H,27,28). The molecule has 0 aliphatic rings. The first-order valence-corrected chi connectivity index (χ1v) is 8.81. The molecule has 29 heavy (non-hydrogen) atoms. The minimum Gasteiger partial charge on any atom is -0.481 e. The summed E-state index contributed by atoms with van der Waals surface area (Å²) in [4.78, 5) is 26.0. The van der Waals surface area contributed by atoms with Crippen molar-refractivity contribution in [3.63, 3.8) is 0 Å². The number of aliphatic carboxylic acids is 1. The number of nitrogens with zero attached hydrogens (tertiary/aromatic N) is 1. The molecule has 1 aromatic heterocycles. The third-order valence-corrected chi connectivity index (χ3v) is 4.13. The molecule has 0 saturated heterocycles. The molecule has 1 N–H and O–H groups in total. The van der Waals surface area contributed by atoms with Crippen LogP contribution in [0.5, 0.6) is 11.6 Å². The minimum atomic E-state index is -1.18. The van der Waals surface area contributed by atoms with E-state index in [0.717, 1.165) is 6.07 Å². The van der Waals surface area contributed by atoms with Crippen LogP contribution in [-0.2, 0) is 16.0 Å². The van der Waals surface area contributed by atoms with Gasteiger partial charge in [0.1, 0.15) is 12.2 Å². The van der Waals surface area contributed by atoms with E-state index in [4.69, 9.17) is 21.4 Å². The number of benzene rings is 2. The Morgan fingerprint density at radius 3 is 2.48 bits per heavy atom. The first-order chi connectivity index (χ1) is 13.8. The summed E-state index contributed by atoms with van der Waals surface area (Å²) in [6, 6.07) is 11.9. The lowest BCUT2D eigenvalue weighted by Crippen LogP contribution is -2.09. The molecule has 3 rings (SSSR count). The predicted octanol–water partition coefficient (Wildman–Crippen LogP) is 5.06. The summed E-state index contributed by atoms with van der Waals surface area (Å²) >= 11 is 5.63. The maximum absolute atomic E-state index is 14.5. The SMILES string of the molecule is O=C(O)CC(=O)Cc1cccc(-c2ccc(Oc3ncc(Cl)cc3F)c(F)c2)c1. The second-order valence-electron chi connectivity index (χ2n) is 6.17. The Labute approximate surface area is 169 Å². The van der Waals surface area contributed by atoms with Gasteiger partial charge in [-0.1, -0.05) is 41.9 Å². The number of aromatic nitrogens is 1. The van der Waals surface area contributed by atoms with Crippen LogP contribution in [0.4, 0.5) is 8.78 Å². The topological polar surface area (TPSA) is 76.5 Å². The van der Waals surface area contributed by atoms with Gasteiger partial charge in [-0.3, -0.25) is 9.59 Å². The number of carbonyl (C=O) groups excluding carboxylic acids is 1. The molecule has 1 heterocycles. The zero-order valence-corrected chi connectivity index (χ0v) is 15.6. The summed E-state index contributed by atoms with van der Waals surface area (Å²) in [6.07, 6.45) is 0.592. The fourth-order valence-corrected chi connectivity index (χ4v) is 2.81. The molecule has 0 amide bonds. The van der Waals surface area contributed by atoms with E-state index in [9.17, 15) is 18.4 Å². The molecule has 3 aromatic rings. The molecular formula is C21H14ClF2NO4. The smallest absolute Gasteiger partial charge is 0.310 e. The average molecular weight is 418 g/mol. The van der Waals surface area contributed by atoms with Gasteiger partial charge >= 0.3 is 5.97 Å². The molecule has 148 valence electrons. The van der Waals surface area contributed by atoms with Crippen LogP contribution in [-0.4, -0.2) is 21.8 Å². The number of pyridine rings is 1. The van der Waals surface area contributed by atoms with Gasteiger partial charge in [0.2, 0.25) is 0 Å². The van der Waals surface area contributed by atoms with Crippen molar-refractivity contribution in [2.24, 2.45) is 0 Å². The number of hydrogen-bond acceptors (Lipinski definition) is 4. The third-order valence-electron chi connectivity index (χ3n) is 3.92. The van der Waals surface area contributed by atoms with E-state index >= 15 is 0 Å². The van der Waals surface area contributed by atoms with Gasteiger partial charge in [0, 0.05) is 12.6 Å². The number of carboxylic acids is 1. The Balaban J connectivity index is 1.80. The summed E-state index contributed by atoms with van der Waals surface area (Å²) in [5, 5.41) is 8.77. The Morgan fingerprint density at radius 2 is 1.79 bits per heavy atom. The van der Waals surface area contributed by atoms with Gasteiger partial charge < -0.3 is 9.84 Å². The van der Waals surface area contributed by atoms with Crippen LogP contribution < -0.4 is 4.74 Å². The van der Waals surface area contributed by atoms with Crippen LogP contribution in [0.1, 0.15) is 12.0 Å². The monoisotopic (exact) mass is 417 g/mol. The first-order valence-electron chi connectivity index (χ1n) is 8.43. The fraction of sp³-hybridized carbons (Fsp3) is 0.0952. The van der Waals surface area contributed by atoms with Crippen LogP contribution in [0.15, 0.2) is 54.7 Å². The predicted molar refractivity (Wildman–Crippen MR) is 102 cm³/mol. The molecule has 0 aliphatic heterocycles. The van der Waals surface area contributed by atoms with Crippen LogP contribution in [0.3, 0.4) is 0 Å². The maximum Gasteiger partial charge on any atom is 0.310 e. The number of hydrogen-bond donors (Lipinski definition) is 1. The highest BCUT2D eigenvalue weighted by Crippen LogP contribution is 2.30. The van der Waals surface area contributed by atoms with Crippen molar-refractivity contribution < 1.29 is 28.2 Å². The van der Waals surface area contributed by atoms with E-state index in [2.05, 4.69) is 4.98 Å². The average Bonchev–Trinajstić information content (AvgIpc) is 2.65. The first kappa shape index (κ1) is 20.4. The minimum absolute atomic E-state index is 0.0364. The van der Waals surface area contributed by atoms with Crippen molar-refractivity contribution in [1.82, 2.24) is 4.98 Å². The zero-order chi connectivity index (χ0) is 21.0. The van der Waals surface area contributed by atoms with Gasteiger partial charge in [0.15, 0.2) is 17.4 Å². The molecular weight excluding hydrogens is 404 g/mol. The molecule has 0 unspecified atom stereocenters. The summed E-state index contributed by atoms with van der Waals surface area (Å²) in [7, 11) is 0. The molecule has 8 heteroatoms. The van der Waals surface area contributed by atoms with Crippen molar-refractivity contribution in [3.8, 4) is 22.8 Å². The zero-order valence-electron chi connectivity index (χ0n) is 14.9. The highest BCUT2D eigenvalue weighted by molar-refractivity contribution is 6.30. The van der Waals surface area contributed by atoms with Gasteiger partial charge in [0.05, 0.1) is 5.02 Å². The van der Waals surface area contributed by atoms with Crippen LogP contribution in [0, 0.1) is 11.6 Å². The number of ether oxygens (including phenoxy) is 1. The molecule has 0 saturated carbocycles. The summed E-state index contributed by atoms with van der Waals surface area (Å²) in [5.41, 5.74) is 1.75. The van der Waals surface area contributed by atoms with Gasteiger partial charge in [-0.25, -0.2) is 13.8 Å². The Bertz CT molecular complexity index is 1090. The van der Waals surface area contributed by atoms with E-state index in [1.165, 1.54) is 18.3 Å². The number of Topliss-reactive ketones (excluding diaryl/α,β-unsaturated/α-hetero) is 1. The number of rotatable bonds is 7. The summed E-state index contributed by atoms with van der Waals surface area (Å²) in [5.74, 6) is -3.78. The molecule has 5 nitrogen and oxygen atoms in total. The van der Waals surface area contributed by atoms with E-state index in [1.807, 2.05) is 0 Å². The molecule has 0 aliphatic carbocycles. The molecule has 0 spiro atoms. The molecule has 0 bridgehead atoms. The maximum atomic E-state index is 14.5. The van der Waals surface area contributed by atoms with E-state index in [1.54, 1.807) is 30.3 Å². The van der Waals surface area contributed by atoms with E-state index in [-0.39, 0.29) is 17.2 Å². The van der Waals surface area contributed by atoms with Gasteiger partial charge in [0.25, 0.3) is 5.88 Å². The summed E-state index contributed by atoms with van der Waals surface area (Å²) in [6.45, 7) is 0. The number of carbonyl (C=O) groups is 2.